The molecule has 1 unspecified atom stereocenters. The largest absolute Gasteiger partial charge is 0.309 e. The highest BCUT2D eigenvalue weighted by molar-refractivity contribution is 9.10. The van der Waals surface area contributed by atoms with E-state index in [4.69, 9.17) is 0 Å². The van der Waals surface area contributed by atoms with Crippen molar-refractivity contribution in [2.75, 3.05) is 0 Å². The van der Waals surface area contributed by atoms with Gasteiger partial charge in [0.1, 0.15) is 0 Å². The van der Waals surface area contributed by atoms with Crippen LogP contribution in [0, 0.1) is 5.41 Å². The van der Waals surface area contributed by atoms with Crippen LogP contribution in [0.1, 0.15) is 58.6 Å². The molecule has 1 nitrogen and oxygen atoms in total. The van der Waals surface area contributed by atoms with Crippen LogP contribution in [0.2, 0.25) is 0 Å². The number of aryl methyl sites for hydroxylation is 1. The Morgan fingerprint density at radius 2 is 1.85 bits per heavy atom. The van der Waals surface area contributed by atoms with E-state index in [1.165, 1.54) is 34.9 Å². The Labute approximate surface area is 132 Å². The Balaban J connectivity index is 2.01. The normalized spacial score (nSPS) is 19.8. The number of nitrogens with one attached hydrogen (secondary N) is 1. The molecule has 20 heavy (non-hydrogen) atoms. The second-order valence-corrected chi connectivity index (χ2v) is 9.03. The number of fused-ring (bicyclic) bond motifs is 1. The third-order valence-corrected chi connectivity index (χ3v) is 4.46. The predicted octanol–water partition coefficient (Wildman–Crippen LogP) is 5.11. The minimum atomic E-state index is 0.204. The fraction of sp³-hybridized carbons (Fsp3) is 0.667. The number of hydrogen-bond acceptors (Lipinski definition) is 1. The summed E-state index contributed by atoms with van der Waals surface area (Å²) in [6, 6.07) is 7.35. The summed E-state index contributed by atoms with van der Waals surface area (Å²) in [4.78, 5) is 0. The summed E-state index contributed by atoms with van der Waals surface area (Å²) >= 11 is 3.57. The lowest BCUT2D eigenvalue weighted by molar-refractivity contribution is 0.216. The molecule has 0 saturated heterocycles. The highest BCUT2D eigenvalue weighted by Gasteiger charge is 2.29. The van der Waals surface area contributed by atoms with Gasteiger partial charge in [0.15, 0.2) is 0 Å². The molecular weight excluding hydrogens is 310 g/mol. The molecule has 1 aromatic carbocycles. The van der Waals surface area contributed by atoms with Crippen LogP contribution in [0.15, 0.2) is 22.7 Å². The van der Waals surface area contributed by atoms with Crippen molar-refractivity contribution in [3.63, 3.8) is 0 Å². The lowest BCUT2D eigenvalue weighted by Gasteiger charge is -2.38. The summed E-state index contributed by atoms with van der Waals surface area (Å²) in [7, 11) is 0. The minimum absolute atomic E-state index is 0.204. The lowest BCUT2D eigenvalue weighted by atomic mass is 9.80. The standard InChI is InChI=1S/C18H28BrN/c1-17(2,3)12-18(4,5)20-16-9-7-13-10-15(19)8-6-14(13)11-16/h6,8,10,16,20H,7,9,11-12H2,1-5H3. The first-order valence-corrected chi connectivity index (χ1v) is 8.49. The van der Waals surface area contributed by atoms with Crippen molar-refractivity contribution in [3.05, 3.63) is 33.8 Å². The van der Waals surface area contributed by atoms with E-state index in [0.29, 0.717) is 11.5 Å². The van der Waals surface area contributed by atoms with Crippen LogP contribution in [0.4, 0.5) is 0 Å². The fourth-order valence-corrected chi connectivity index (χ4v) is 4.18. The molecule has 0 bridgehead atoms. The molecule has 0 radical (unpaired) electrons. The molecule has 0 saturated carbocycles. The zero-order valence-electron chi connectivity index (χ0n) is 13.5. The van der Waals surface area contributed by atoms with Crippen molar-refractivity contribution in [3.8, 4) is 0 Å². The number of benzene rings is 1. The summed E-state index contributed by atoms with van der Waals surface area (Å²) < 4.78 is 1.20. The molecule has 1 N–H and O–H groups in total. The maximum Gasteiger partial charge on any atom is 0.0178 e. The van der Waals surface area contributed by atoms with Crippen molar-refractivity contribution in [1.82, 2.24) is 5.32 Å². The molecule has 0 spiro atoms. The van der Waals surface area contributed by atoms with E-state index in [-0.39, 0.29) is 5.54 Å². The Kier molecular flexibility index (Phi) is 4.66. The van der Waals surface area contributed by atoms with Crippen LogP contribution >= 0.6 is 15.9 Å². The second-order valence-electron chi connectivity index (χ2n) is 8.12. The maximum atomic E-state index is 3.90. The van der Waals surface area contributed by atoms with Gasteiger partial charge in [-0.25, -0.2) is 0 Å². The van der Waals surface area contributed by atoms with Gasteiger partial charge >= 0.3 is 0 Å². The second kappa shape index (κ2) is 5.81. The average Bonchev–Trinajstić information content (AvgIpc) is 2.25. The van der Waals surface area contributed by atoms with Crippen LogP contribution in [-0.4, -0.2) is 11.6 Å². The molecule has 1 atom stereocenters. The average molecular weight is 338 g/mol. The predicted molar refractivity (Wildman–Crippen MR) is 91.2 cm³/mol. The Morgan fingerprint density at radius 1 is 1.15 bits per heavy atom. The van der Waals surface area contributed by atoms with E-state index in [0.717, 1.165) is 6.42 Å². The molecule has 0 amide bonds. The first-order valence-electron chi connectivity index (χ1n) is 7.70. The maximum absolute atomic E-state index is 3.90. The minimum Gasteiger partial charge on any atom is -0.309 e. The molecule has 0 fully saturated rings. The van der Waals surface area contributed by atoms with Crippen LogP contribution in [0.25, 0.3) is 0 Å². The lowest BCUT2D eigenvalue weighted by Crippen LogP contribution is -2.49. The summed E-state index contributed by atoms with van der Waals surface area (Å²) in [5.74, 6) is 0. The van der Waals surface area contributed by atoms with Crippen molar-refractivity contribution in [1.29, 1.82) is 0 Å². The molecule has 0 aromatic heterocycles. The van der Waals surface area contributed by atoms with Gasteiger partial charge in [-0.15, -0.1) is 0 Å². The van der Waals surface area contributed by atoms with Gasteiger partial charge < -0.3 is 5.32 Å². The Bertz CT molecular complexity index is 471. The molecule has 0 aliphatic heterocycles. The zero-order chi connectivity index (χ0) is 15.0. The van der Waals surface area contributed by atoms with Gasteiger partial charge in [-0.05, 0) is 68.2 Å². The number of hydrogen-bond donors (Lipinski definition) is 1. The van der Waals surface area contributed by atoms with E-state index in [1.807, 2.05) is 0 Å². The van der Waals surface area contributed by atoms with Gasteiger partial charge in [0.2, 0.25) is 0 Å². The third kappa shape index (κ3) is 4.60. The van der Waals surface area contributed by atoms with Gasteiger partial charge in [-0.2, -0.15) is 0 Å². The van der Waals surface area contributed by atoms with E-state index in [2.05, 4.69) is 74.1 Å². The molecule has 1 aromatic rings. The number of rotatable bonds is 3. The van der Waals surface area contributed by atoms with E-state index in [1.54, 1.807) is 0 Å². The molecule has 2 rings (SSSR count). The Hall–Kier alpha value is -0.340. The summed E-state index contributed by atoms with van der Waals surface area (Å²) in [5, 5.41) is 3.90. The van der Waals surface area contributed by atoms with E-state index < -0.39 is 0 Å². The summed E-state index contributed by atoms with van der Waals surface area (Å²) in [6.45, 7) is 11.7. The van der Waals surface area contributed by atoms with Crippen LogP contribution in [-0.2, 0) is 12.8 Å². The van der Waals surface area contributed by atoms with E-state index >= 15 is 0 Å². The summed E-state index contributed by atoms with van der Waals surface area (Å²) in [5.41, 5.74) is 3.61. The number of halogens is 1. The van der Waals surface area contributed by atoms with Crippen LogP contribution < -0.4 is 5.32 Å². The molecule has 1 aliphatic rings. The SMILES string of the molecule is CC(C)(C)CC(C)(C)NC1CCc2cc(Br)ccc2C1. The van der Waals surface area contributed by atoms with Crippen molar-refractivity contribution in [2.24, 2.45) is 5.41 Å². The first-order chi connectivity index (χ1) is 9.15. The van der Waals surface area contributed by atoms with Gasteiger partial charge in [0.05, 0.1) is 0 Å². The molecular formula is C18H28BrN. The van der Waals surface area contributed by atoms with Gasteiger partial charge in [0, 0.05) is 16.1 Å². The summed E-state index contributed by atoms with van der Waals surface area (Å²) in [6.07, 6.45) is 4.80. The smallest absolute Gasteiger partial charge is 0.0178 e. The van der Waals surface area contributed by atoms with Crippen molar-refractivity contribution < 1.29 is 0 Å². The molecule has 2 heteroatoms. The van der Waals surface area contributed by atoms with Crippen LogP contribution in [0.3, 0.4) is 0 Å². The highest BCUT2D eigenvalue weighted by atomic mass is 79.9. The fourth-order valence-electron chi connectivity index (χ4n) is 3.78. The Morgan fingerprint density at radius 3 is 2.50 bits per heavy atom. The highest BCUT2D eigenvalue weighted by Crippen LogP contribution is 2.30. The molecule has 0 heterocycles. The third-order valence-electron chi connectivity index (χ3n) is 3.96. The molecule has 112 valence electrons. The van der Waals surface area contributed by atoms with Gasteiger partial charge in [-0.1, -0.05) is 42.8 Å². The van der Waals surface area contributed by atoms with Crippen molar-refractivity contribution >= 4 is 15.9 Å². The van der Waals surface area contributed by atoms with Crippen LogP contribution in [0.5, 0.6) is 0 Å². The first kappa shape index (κ1) is 16.0. The monoisotopic (exact) mass is 337 g/mol. The molecule has 1 aliphatic carbocycles. The van der Waals surface area contributed by atoms with E-state index in [9.17, 15) is 0 Å². The topological polar surface area (TPSA) is 12.0 Å². The quantitative estimate of drug-likeness (QED) is 0.807. The zero-order valence-corrected chi connectivity index (χ0v) is 15.1. The van der Waals surface area contributed by atoms with Gasteiger partial charge in [0.25, 0.3) is 0 Å². The van der Waals surface area contributed by atoms with Crippen molar-refractivity contribution in [2.45, 2.75) is 71.9 Å². The van der Waals surface area contributed by atoms with Gasteiger partial charge in [-0.3, -0.25) is 0 Å².